The Morgan fingerprint density at radius 1 is 1.59 bits per heavy atom. The van der Waals surface area contributed by atoms with Crippen LogP contribution in [0.3, 0.4) is 0 Å². The molecule has 94 valence electrons. The van der Waals surface area contributed by atoms with Crippen molar-refractivity contribution in [3.05, 3.63) is 22.8 Å². The van der Waals surface area contributed by atoms with Gasteiger partial charge in [-0.25, -0.2) is 9.37 Å². The van der Waals surface area contributed by atoms with Crippen LogP contribution in [0.1, 0.15) is 6.42 Å². The van der Waals surface area contributed by atoms with Gasteiger partial charge in [0.1, 0.15) is 22.6 Å². The summed E-state index contributed by atoms with van der Waals surface area (Å²) in [4.78, 5) is 17.0. The van der Waals surface area contributed by atoms with Gasteiger partial charge in [-0.3, -0.25) is 4.79 Å². The minimum atomic E-state index is -1.03. The number of rotatable bonds is 2. The number of carbonyl (C=O) groups is 1. The first-order valence-corrected chi connectivity index (χ1v) is 5.70. The van der Waals surface area contributed by atoms with Crippen LogP contribution in [0.5, 0.6) is 0 Å². The molecular formula is C10H12BrClFN3O. The summed E-state index contributed by atoms with van der Waals surface area (Å²) in [6, 6.07) is 4.69. The van der Waals surface area contributed by atoms with Crippen LogP contribution in [0.4, 0.5) is 10.2 Å². The molecule has 1 aliphatic heterocycles. The number of carbonyl (C=O) groups excluding carboxylic acids is 1. The van der Waals surface area contributed by atoms with E-state index in [2.05, 4.69) is 20.9 Å². The van der Waals surface area contributed by atoms with Crippen LogP contribution < -0.4 is 10.6 Å². The molecule has 1 amide bonds. The maximum absolute atomic E-state index is 13.3. The Balaban J connectivity index is 0.00000144. The minimum absolute atomic E-state index is 0. The molecule has 7 heteroatoms. The first-order chi connectivity index (χ1) is 7.58. The van der Waals surface area contributed by atoms with Crippen molar-refractivity contribution >= 4 is 40.1 Å². The fraction of sp³-hybridized carbons (Fsp3) is 0.400. The fourth-order valence-corrected chi connectivity index (χ4v) is 2.20. The van der Waals surface area contributed by atoms with Crippen molar-refractivity contribution in [2.75, 3.05) is 11.4 Å². The zero-order valence-corrected chi connectivity index (χ0v) is 11.2. The summed E-state index contributed by atoms with van der Waals surface area (Å²) in [6.07, 6.45) is -0.887. The minimum Gasteiger partial charge on any atom is -0.368 e. The third-order valence-electron chi connectivity index (χ3n) is 2.57. The molecular weight excluding hydrogens is 312 g/mol. The van der Waals surface area contributed by atoms with E-state index in [1.165, 1.54) is 0 Å². The number of primary amides is 1. The third-order valence-corrected chi connectivity index (χ3v) is 3.01. The molecule has 0 aromatic carbocycles. The summed E-state index contributed by atoms with van der Waals surface area (Å²) in [5.74, 6) is 0.0558. The van der Waals surface area contributed by atoms with Crippen LogP contribution in [0.15, 0.2) is 22.8 Å². The van der Waals surface area contributed by atoms with Crippen LogP contribution in [0.25, 0.3) is 0 Å². The summed E-state index contributed by atoms with van der Waals surface area (Å²) in [5, 5.41) is 0. The van der Waals surface area contributed by atoms with E-state index in [-0.39, 0.29) is 25.4 Å². The number of nitrogens with zero attached hydrogens (tertiary/aromatic N) is 2. The van der Waals surface area contributed by atoms with E-state index in [1.807, 2.05) is 0 Å². The average Bonchev–Trinajstić information content (AvgIpc) is 2.60. The molecule has 1 saturated heterocycles. The number of anilines is 1. The molecule has 0 bridgehead atoms. The molecule has 0 saturated carbocycles. The van der Waals surface area contributed by atoms with Crippen molar-refractivity contribution < 1.29 is 9.18 Å². The number of hydrogen-bond donors (Lipinski definition) is 1. The lowest BCUT2D eigenvalue weighted by atomic mass is 10.2. The SMILES string of the molecule is Cl.NC(=O)[C@@H]1C[C@@H](F)CN1c1cccc(Br)n1. The van der Waals surface area contributed by atoms with Crippen molar-refractivity contribution in [2.24, 2.45) is 5.73 Å². The van der Waals surface area contributed by atoms with Gasteiger partial charge in [0.25, 0.3) is 0 Å². The topological polar surface area (TPSA) is 59.2 Å². The van der Waals surface area contributed by atoms with Crippen molar-refractivity contribution in [3.8, 4) is 0 Å². The number of alkyl halides is 1. The van der Waals surface area contributed by atoms with E-state index in [9.17, 15) is 9.18 Å². The first-order valence-electron chi connectivity index (χ1n) is 4.90. The van der Waals surface area contributed by atoms with Gasteiger partial charge in [-0.05, 0) is 28.1 Å². The summed E-state index contributed by atoms with van der Waals surface area (Å²) in [6.45, 7) is 0.164. The van der Waals surface area contributed by atoms with Crippen LogP contribution in [0.2, 0.25) is 0 Å². The highest BCUT2D eigenvalue weighted by molar-refractivity contribution is 9.10. The van der Waals surface area contributed by atoms with Gasteiger partial charge in [0.05, 0.1) is 6.54 Å². The van der Waals surface area contributed by atoms with E-state index >= 15 is 0 Å². The Kier molecular flexibility index (Phi) is 4.70. The molecule has 17 heavy (non-hydrogen) atoms. The smallest absolute Gasteiger partial charge is 0.240 e. The van der Waals surface area contributed by atoms with Crippen molar-refractivity contribution in [2.45, 2.75) is 18.6 Å². The third kappa shape index (κ3) is 3.07. The lowest BCUT2D eigenvalue weighted by Crippen LogP contribution is -2.40. The maximum atomic E-state index is 13.3. The molecule has 1 aromatic rings. The molecule has 0 unspecified atom stereocenters. The predicted molar refractivity (Wildman–Crippen MR) is 69.0 cm³/mol. The zero-order chi connectivity index (χ0) is 11.7. The first kappa shape index (κ1) is 14.2. The van der Waals surface area contributed by atoms with Gasteiger partial charge in [-0.15, -0.1) is 12.4 Å². The van der Waals surface area contributed by atoms with Crippen molar-refractivity contribution in [1.29, 1.82) is 0 Å². The van der Waals surface area contributed by atoms with Crippen molar-refractivity contribution in [3.63, 3.8) is 0 Å². The summed E-state index contributed by atoms with van der Waals surface area (Å²) in [5.41, 5.74) is 5.24. The Morgan fingerprint density at radius 2 is 2.29 bits per heavy atom. The van der Waals surface area contributed by atoms with E-state index in [4.69, 9.17) is 5.73 Å². The van der Waals surface area contributed by atoms with E-state index in [0.717, 1.165) is 0 Å². The van der Waals surface area contributed by atoms with Crippen LogP contribution >= 0.6 is 28.3 Å². The van der Waals surface area contributed by atoms with Gasteiger partial charge in [0.2, 0.25) is 5.91 Å². The summed E-state index contributed by atoms with van der Waals surface area (Å²) >= 11 is 3.23. The number of aromatic nitrogens is 1. The number of halogens is 3. The number of amides is 1. The van der Waals surface area contributed by atoms with Crippen LogP contribution in [-0.4, -0.2) is 29.6 Å². The highest BCUT2D eigenvalue weighted by atomic mass is 79.9. The van der Waals surface area contributed by atoms with E-state index in [0.29, 0.717) is 10.4 Å². The normalized spacial score (nSPS) is 23.3. The van der Waals surface area contributed by atoms with Gasteiger partial charge in [0.15, 0.2) is 0 Å². The molecule has 0 spiro atoms. The Labute approximate surface area is 113 Å². The molecule has 2 atom stereocenters. The van der Waals surface area contributed by atoms with E-state index < -0.39 is 18.1 Å². The highest BCUT2D eigenvalue weighted by Gasteiger charge is 2.36. The Hall–Kier alpha value is -0.880. The highest BCUT2D eigenvalue weighted by Crippen LogP contribution is 2.26. The van der Waals surface area contributed by atoms with Gasteiger partial charge < -0.3 is 10.6 Å². The predicted octanol–water partition coefficient (Wildman–Crippen LogP) is 1.67. The van der Waals surface area contributed by atoms with Crippen LogP contribution in [-0.2, 0) is 4.79 Å². The lowest BCUT2D eigenvalue weighted by molar-refractivity contribution is -0.119. The fourth-order valence-electron chi connectivity index (χ4n) is 1.87. The molecule has 0 radical (unpaired) electrons. The Bertz CT molecular complexity index is 420. The largest absolute Gasteiger partial charge is 0.368 e. The summed E-state index contributed by atoms with van der Waals surface area (Å²) in [7, 11) is 0. The summed E-state index contributed by atoms with van der Waals surface area (Å²) < 4.78 is 13.9. The molecule has 0 aliphatic carbocycles. The Morgan fingerprint density at radius 3 is 2.88 bits per heavy atom. The van der Waals surface area contributed by atoms with E-state index in [1.54, 1.807) is 23.1 Å². The van der Waals surface area contributed by atoms with Gasteiger partial charge in [-0.2, -0.15) is 0 Å². The zero-order valence-electron chi connectivity index (χ0n) is 8.85. The lowest BCUT2D eigenvalue weighted by Gasteiger charge is -2.22. The molecule has 2 N–H and O–H groups in total. The molecule has 1 fully saturated rings. The molecule has 1 aromatic heterocycles. The molecule has 2 rings (SSSR count). The standard InChI is InChI=1S/C10H11BrFN3O.ClH/c11-8-2-1-3-9(14-8)15-5-6(12)4-7(15)10(13)16;/h1-3,6-7H,4-5H2,(H2,13,16);1H/t6-,7+;/m1./s1. The van der Waals surface area contributed by atoms with Gasteiger partial charge >= 0.3 is 0 Å². The number of nitrogens with two attached hydrogens (primary N) is 1. The second-order valence-electron chi connectivity index (χ2n) is 3.72. The second kappa shape index (κ2) is 5.64. The monoisotopic (exact) mass is 323 g/mol. The maximum Gasteiger partial charge on any atom is 0.240 e. The second-order valence-corrected chi connectivity index (χ2v) is 4.53. The van der Waals surface area contributed by atoms with Gasteiger partial charge in [0, 0.05) is 6.42 Å². The number of pyridine rings is 1. The average molecular weight is 325 g/mol. The molecule has 4 nitrogen and oxygen atoms in total. The quantitative estimate of drug-likeness (QED) is 0.842. The van der Waals surface area contributed by atoms with Gasteiger partial charge in [-0.1, -0.05) is 6.07 Å². The van der Waals surface area contributed by atoms with Crippen molar-refractivity contribution in [1.82, 2.24) is 4.98 Å². The number of hydrogen-bond acceptors (Lipinski definition) is 3. The molecule has 1 aliphatic rings. The molecule has 2 heterocycles. The van der Waals surface area contributed by atoms with Crippen LogP contribution in [0, 0.1) is 0 Å².